The van der Waals surface area contributed by atoms with Gasteiger partial charge in [0.2, 0.25) is 0 Å². The van der Waals surface area contributed by atoms with Crippen LogP contribution in [0.15, 0.2) is 5.16 Å². The highest BCUT2D eigenvalue weighted by atomic mass is 16.6. The first-order chi connectivity index (χ1) is 3.27. The highest BCUT2D eigenvalue weighted by Gasteiger charge is 1.73. The van der Waals surface area contributed by atoms with E-state index in [1.54, 1.807) is 6.92 Å². The normalized spacial score (nSPS) is 11.6. The van der Waals surface area contributed by atoms with E-state index in [1.807, 2.05) is 6.92 Å². The van der Waals surface area contributed by atoms with Gasteiger partial charge < -0.3 is 4.84 Å². The Labute approximate surface area is 44.2 Å². The minimum atomic E-state index is 0.618. The van der Waals surface area contributed by atoms with E-state index in [1.165, 1.54) is 0 Å². The van der Waals surface area contributed by atoms with Gasteiger partial charge in [0, 0.05) is 0 Å². The quantitative estimate of drug-likeness (QED) is 0.378. The largest absolute Gasteiger partial charge is 0.396 e. The van der Waals surface area contributed by atoms with Crippen molar-refractivity contribution in [3.8, 4) is 0 Å². The maximum absolute atomic E-state index is 4.62. The van der Waals surface area contributed by atoms with E-state index in [0.717, 1.165) is 0 Å². The van der Waals surface area contributed by atoms with Crippen LogP contribution in [0.2, 0.25) is 0 Å². The Bertz CT molecular complexity index is 64.5. The molecular weight excluding hydrogens is 90.1 g/mol. The Hall–Kier alpha value is -0.530. The Morgan fingerprint density at radius 3 is 2.57 bits per heavy atom. The molecule has 0 aliphatic heterocycles. The third kappa shape index (κ3) is 5.47. The van der Waals surface area contributed by atoms with Crippen LogP contribution in [0.5, 0.6) is 0 Å². The van der Waals surface area contributed by atoms with Gasteiger partial charge in [-0.2, -0.15) is 0 Å². The summed E-state index contributed by atoms with van der Waals surface area (Å²) in [6.45, 7) is 7.79. The standard InChI is InChI=1S/C5H10NO/c1-4-7-6-5(2)3/h2,4H2,1,3H3/b6-5+. The molecule has 0 atom stereocenters. The van der Waals surface area contributed by atoms with Crippen LogP contribution in [-0.2, 0) is 4.84 Å². The second-order valence-corrected chi connectivity index (χ2v) is 1.24. The lowest BCUT2D eigenvalue weighted by atomic mass is 10.5. The summed E-state index contributed by atoms with van der Waals surface area (Å²) in [4.78, 5) is 4.62. The summed E-state index contributed by atoms with van der Waals surface area (Å²) in [5, 5.41) is 3.55. The fraction of sp³-hybridized carbons (Fsp3) is 0.600. The summed E-state index contributed by atoms with van der Waals surface area (Å²) in [5.41, 5.74) is 0.710. The molecular formula is C5H10NO. The molecule has 0 N–H and O–H groups in total. The number of oxime groups is 1. The maximum atomic E-state index is 4.62. The first kappa shape index (κ1) is 6.47. The van der Waals surface area contributed by atoms with Crippen LogP contribution in [0.3, 0.4) is 0 Å². The van der Waals surface area contributed by atoms with Crippen molar-refractivity contribution in [3.05, 3.63) is 6.92 Å². The first-order valence-corrected chi connectivity index (χ1v) is 2.26. The molecule has 0 spiro atoms. The Morgan fingerprint density at radius 1 is 1.86 bits per heavy atom. The molecule has 0 fully saturated rings. The lowest BCUT2D eigenvalue weighted by Crippen LogP contribution is -1.84. The number of rotatable bonds is 2. The monoisotopic (exact) mass is 100 g/mol. The lowest BCUT2D eigenvalue weighted by Gasteiger charge is -1.89. The summed E-state index contributed by atoms with van der Waals surface area (Å²) in [6.07, 6.45) is 0. The van der Waals surface area contributed by atoms with Crippen molar-refractivity contribution in [2.24, 2.45) is 5.16 Å². The molecule has 0 aliphatic carbocycles. The van der Waals surface area contributed by atoms with E-state index in [0.29, 0.717) is 12.3 Å². The maximum Gasteiger partial charge on any atom is 0.114 e. The fourth-order valence-electron chi connectivity index (χ4n) is 0.175. The molecule has 0 saturated heterocycles. The predicted molar refractivity (Wildman–Crippen MR) is 30.1 cm³/mol. The second kappa shape index (κ2) is 3.65. The fourth-order valence-corrected chi connectivity index (χ4v) is 0.175. The van der Waals surface area contributed by atoms with Gasteiger partial charge in [-0.05, 0) is 20.8 Å². The third-order valence-electron chi connectivity index (χ3n) is 0.349. The molecule has 0 aliphatic rings. The van der Waals surface area contributed by atoms with Crippen molar-refractivity contribution in [1.29, 1.82) is 0 Å². The highest BCUT2D eigenvalue weighted by Crippen LogP contribution is 1.75. The molecule has 0 aromatic heterocycles. The summed E-state index contributed by atoms with van der Waals surface area (Å²) < 4.78 is 0. The van der Waals surface area contributed by atoms with Crippen LogP contribution in [-0.4, -0.2) is 12.3 Å². The van der Waals surface area contributed by atoms with E-state index in [9.17, 15) is 0 Å². The smallest absolute Gasteiger partial charge is 0.114 e. The molecule has 0 aromatic rings. The molecule has 0 heterocycles. The van der Waals surface area contributed by atoms with Crippen LogP contribution in [0.25, 0.3) is 0 Å². The van der Waals surface area contributed by atoms with Crippen molar-refractivity contribution in [2.45, 2.75) is 13.8 Å². The third-order valence-corrected chi connectivity index (χ3v) is 0.349. The van der Waals surface area contributed by atoms with Gasteiger partial charge in [0.1, 0.15) is 6.61 Å². The molecule has 0 saturated carbocycles. The van der Waals surface area contributed by atoms with Gasteiger partial charge >= 0.3 is 0 Å². The zero-order valence-corrected chi connectivity index (χ0v) is 4.77. The van der Waals surface area contributed by atoms with E-state index in [-0.39, 0.29) is 0 Å². The van der Waals surface area contributed by atoms with Gasteiger partial charge in [-0.3, -0.25) is 0 Å². The van der Waals surface area contributed by atoms with Crippen molar-refractivity contribution in [1.82, 2.24) is 0 Å². The number of hydrogen-bond acceptors (Lipinski definition) is 2. The zero-order valence-electron chi connectivity index (χ0n) is 4.77. The molecule has 0 bridgehead atoms. The summed E-state index contributed by atoms with van der Waals surface area (Å²) in [7, 11) is 0. The second-order valence-electron chi connectivity index (χ2n) is 1.24. The zero-order chi connectivity index (χ0) is 5.70. The number of nitrogens with zero attached hydrogens (tertiary/aromatic N) is 1. The average molecular weight is 100 g/mol. The number of hydrogen-bond donors (Lipinski definition) is 0. The van der Waals surface area contributed by atoms with Crippen LogP contribution >= 0.6 is 0 Å². The van der Waals surface area contributed by atoms with E-state index in [2.05, 4.69) is 16.9 Å². The van der Waals surface area contributed by atoms with E-state index < -0.39 is 0 Å². The van der Waals surface area contributed by atoms with Crippen molar-refractivity contribution < 1.29 is 4.84 Å². The molecule has 41 valence electrons. The van der Waals surface area contributed by atoms with Crippen molar-refractivity contribution in [3.63, 3.8) is 0 Å². The SMILES string of the molecule is [CH2]/C(C)=N\OCC. The topological polar surface area (TPSA) is 21.6 Å². The molecule has 2 nitrogen and oxygen atoms in total. The van der Waals surface area contributed by atoms with Crippen LogP contribution < -0.4 is 0 Å². The Kier molecular flexibility index (Phi) is 3.38. The lowest BCUT2D eigenvalue weighted by molar-refractivity contribution is 0.159. The minimum absolute atomic E-state index is 0.618. The summed E-state index contributed by atoms with van der Waals surface area (Å²) in [5.74, 6) is 0. The Balaban J connectivity index is 3.08. The molecule has 7 heavy (non-hydrogen) atoms. The van der Waals surface area contributed by atoms with Gasteiger partial charge in [0.05, 0.1) is 5.71 Å². The summed E-state index contributed by atoms with van der Waals surface area (Å²) >= 11 is 0. The van der Waals surface area contributed by atoms with Gasteiger partial charge in [-0.15, -0.1) is 0 Å². The van der Waals surface area contributed by atoms with Gasteiger partial charge in [0.25, 0.3) is 0 Å². The van der Waals surface area contributed by atoms with Crippen molar-refractivity contribution in [2.75, 3.05) is 6.61 Å². The predicted octanol–water partition coefficient (Wildman–Crippen LogP) is 1.23. The Morgan fingerprint density at radius 2 is 2.43 bits per heavy atom. The molecule has 1 radical (unpaired) electrons. The van der Waals surface area contributed by atoms with Gasteiger partial charge in [-0.25, -0.2) is 0 Å². The first-order valence-electron chi connectivity index (χ1n) is 2.26. The van der Waals surface area contributed by atoms with E-state index in [4.69, 9.17) is 0 Å². The van der Waals surface area contributed by atoms with Gasteiger partial charge in [-0.1, -0.05) is 5.16 Å². The van der Waals surface area contributed by atoms with Crippen molar-refractivity contribution >= 4 is 5.71 Å². The molecule has 0 rings (SSSR count). The highest BCUT2D eigenvalue weighted by molar-refractivity contribution is 5.85. The molecule has 2 heteroatoms. The van der Waals surface area contributed by atoms with Crippen LogP contribution in [0, 0.1) is 6.92 Å². The summed E-state index contributed by atoms with van der Waals surface area (Å²) in [6, 6.07) is 0. The van der Waals surface area contributed by atoms with Crippen LogP contribution in [0.4, 0.5) is 0 Å². The minimum Gasteiger partial charge on any atom is -0.396 e. The van der Waals surface area contributed by atoms with Gasteiger partial charge in [0.15, 0.2) is 0 Å². The molecule has 0 amide bonds. The molecule has 0 unspecified atom stereocenters. The molecule has 0 aromatic carbocycles. The van der Waals surface area contributed by atoms with Crippen LogP contribution in [0.1, 0.15) is 13.8 Å². The average Bonchev–Trinajstić information content (AvgIpc) is 1.61. The van der Waals surface area contributed by atoms with E-state index >= 15 is 0 Å².